The van der Waals surface area contributed by atoms with E-state index in [1.807, 2.05) is 0 Å². The molecule has 0 saturated heterocycles. The summed E-state index contributed by atoms with van der Waals surface area (Å²) in [7, 11) is 1.42. The van der Waals surface area contributed by atoms with Crippen molar-refractivity contribution in [2.24, 2.45) is 5.73 Å². The second-order valence-corrected chi connectivity index (χ2v) is 3.04. The van der Waals surface area contributed by atoms with Crippen LogP contribution >= 0.6 is 0 Å². The Morgan fingerprint density at radius 3 is 2.88 bits per heavy atom. The zero-order valence-electron chi connectivity index (χ0n) is 8.99. The summed E-state index contributed by atoms with van der Waals surface area (Å²) in [5, 5.41) is 9.68. The molecule has 0 radical (unpaired) electrons. The third-order valence-corrected chi connectivity index (χ3v) is 2.01. The maximum Gasteiger partial charge on any atom is 0.169 e. The van der Waals surface area contributed by atoms with Crippen LogP contribution in [0.15, 0.2) is 12.1 Å². The van der Waals surface area contributed by atoms with Crippen molar-refractivity contribution in [3.8, 4) is 23.3 Å². The first-order valence-electron chi connectivity index (χ1n) is 4.78. The van der Waals surface area contributed by atoms with Crippen molar-refractivity contribution in [1.82, 2.24) is 0 Å². The van der Waals surface area contributed by atoms with Crippen molar-refractivity contribution in [3.05, 3.63) is 23.3 Å². The average Bonchev–Trinajstić information content (AvgIpc) is 2.30. The van der Waals surface area contributed by atoms with Crippen LogP contribution in [0.25, 0.3) is 0 Å². The molecule has 0 aromatic heterocycles. The number of hydrogen-bond donors (Lipinski definition) is 2. The molecule has 16 heavy (non-hydrogen) atoms. The normalized spacial score (nSPS) is 9.12. The van der Waals surface area contributed by atoms with Crippen molar-refractivity contribution in [2.75, 3.05) is 13.7 Å². The van der Waals surface area contributed by atoms with Gasteiger partial charge in [-0.25, -0.2) is 0 Å². The lowest BCUT2D eigenvalue weighted by Gasteiger charge is -2.06. The number of aldehydes is 1. The van der Waals surface area contributed by atoms with Crippen molar-refractivity contribution in [1.29, 1.82) is 0 Å². The Bertz CT molecular complexity index is 444. The molecule has 4 nitrogen and oxygen atoms in total. The molecular formula is C12H13NO3. The molecule has 0 aliphatic rings. The molecule has 0 aliphatic heterocycles. The molecule has 4 heteroatoms. The van der Waals surface area contributed by atoms with Gasteiger partial charge in [0.15, 0.2) is 17.8 Å². The lowest BCUT2D eigenvalue weighted by atomic mass is 10.1. The number of carbonyl (C=O) groups excluding carboxylic acids is 1. The minimum absolute atomic E-state index is 0.142. The maximum atomic E-state index is 10.8. The molecule has 0 saturated carbocycles. The summed E-state index contributed by atoms with van der Waals surface area (Å²) < 4.78 is 4.89. The van der Waals surface area contributed by atoms with Gasteiger partial charge in [-0.15, -0.1) is 0 Å². The van der Waals surface area contributed by atoms with Gasteiger partial charge in [-0.05, 0) is 12.1 Å². The van der Waals surface area contributed by atoms with Crippen LogP contribution in [0.1, 0.15) is 22.3 Å². The van der Waals surface area contributed by atoms with E-state index in [0.717, 1.165) is 0 Å². The zero-order valence-corrected chi connectivity index (χ0v) is 8.99. The second-order valence-electron chi connectivity index (χ2n) is 3.04. The summed E-state index contributed by atoms with van der Waals surface area (Å²) in [6.07, 6.45) is 1.11. The Kier molecular flexibility index (Phi) is 4.37. The molecule has 0 atom stereocenters. The number of rotatable bonds is 3. The highest BCUT2D eigenvalue weighted by atomic mass is 16.5. The van der Waals surface area contributed by atoms with Crippen LogP contribution in [0.5, 0.6) is 11.5 Å². The molecule has 0 bridgehead atoms. The van der Waals surface area contributed by atoms with Crippen LogP contribution in [0.2, 0.25) is 0 Å². The van der Waals surface area contributed by atoms with E-state index in [1.54, 1.807) is 12.1 Å². The van der Waals surface area contributed by atoms with Gasteiger partial charge in [-0.1, -0.05) is 11.8 Å². The van der Waals surface area contributed by atoms with Crippen LogP contribution in [0.4, 0.5) is 0 Å². The third-order valence-electron chi connectivity index (χ3n) is 2.01. The van der Waals surface area contributed by atoms with Gasteiger partial charge in [-0.3, -0.25) is 4.79 Å². The molecule has 0 aliphatic carbocycles. The molecule has 1 aromatic rings. The highest BCUT2D eigenvalue weighted by Crippen LogP contribution is 2.30. The van der Waals surface area contributed by atoms with Crippen molar-refractivity contribution >= 4 is 6.29 Å². The molecule has 0 heterocycles. The highest BCUT2D eigenvalue weighted by molar-refractivity contribution is 5.85. The Hall–Kier alpha value is -1.99. The van der Waals surface area contributed by atoms with Gasteiger partial charge < -0.3 is 15.6 Å². The quantitative estimate of drug-likeness (QED) is 0.585. The standard InChI is InChI=1S/C12H13NO3/c1-16-11-6-5-9(4-2-3-7-13)10(8-14)12(11)15/h5-6,8,15H,3,7,13H2,1H3. The number of methoxy groups -OCH3 is 1. The predicted octanol–water partition coefficient (Wildman–Crippen LogP) is 0.914. The van der Waals surface area contributed by atoms with E-state index < -0.39 is 0 Å². The topological polar surface area (TPSA) is 72.5 Å². The minimum Gasteiger partial charge on any atom is -0.504 e. The molecule has 0 spiro atoms. The second kappa shape index (κ2) is 5.79. The van der Waals surface area contributed by atoms with E-state index in [2.05, 4.69) is 11.8 Å². The van der Waals surface area contributed by atoms with E-state index in [9.17, 15) is 9.90 Å². The summed E-state index contributed by atoms with van der Waals surface area (Å²) in [6.45, 7) is 0.464. The Labute approximate surface area is 94.0 Å². The summed E-state index contributed by atoms with van der Waals surface area (Å²) in [4.78, 5) is 10.8. The number of phenols is 1. The van der Waals surface area contributed by atoms with E-state index in [-0.39, 0.29) is 17.1 Å². The van der Waals surface area contributed by atoms with Crippen LogP contribution < -0.4 is 10.5 Å². The number of hydrogen-bond acceptors (Lipinski definition) is 4. The first-order chi connectivity index (χ1) is 7.74. The van der Waals surface area contributed by atoms with Crippen LogP contribution in [-0.2, 0) is 0 Å². The Balaban J connectivity index is 3.17. The van der Waals surface area contributed by atoms with Crippen LogP contribution in [-0.4, -0.2) is 25.0 Å². The van der Waals surface area contributed by atoms with Crippen molar-refractivity contribution in [2.45, 2.75) is 6.42 Å². The van der Waals surface area contributed by atoms with E-state index >= 15 is 0 Å². The van der Waals surface area contributed by atoms with Crippen molar-refractivity contribution < 1.29 is 14.6 Å². The predicted molar refractivity (Wildman–Crippen MR) is 60.6 cm³/mol. The number of carbonyl (C=O) groups is 1. The van der Waals surface area contributed by atoms with Crippen LogP contribution in [0.3, 0.4) is 0 Å². The number of phenolic OH excluding ortho intramolecular Hbond substituents is 1. The molecule has 84 valence electrons. The molecule has 0 unspecified atom stereocenters. The Morgan fingerprint density at radius 1 is 1.56 bits per heavy atom. The summed E-state index contributed by atoms with van der Waals surface area (Å²) in [5.74, 6) is 5.66. The van der Waals surface area contributed by atoms with Gasteiger partial charge in [0.1, 0.15) is 0 Å². The summed E-state index contributed by atoms with van der Waals surface area (Å²) in [6, 6.07) is 3.20. The Morgan fingerprint density at radius 2 is 2.31 bits per heavy atom. The molecule has 0 amide bonds. The van der Waals surface area contributed by atoms with Gasteiger partial charge in [0, 0.05) is 18.5 Å². The van der Waals surface area contributed by atoms with E-state index in [4.69, 9.17) is 10.5 Å². The fraction of sp³-hybridized carbons (Fsp3) is 0.250. The minimum atomic E-state index is -0.183. The molecule has 1 rings (SSSR count). The first-order valence-corrected chi connectivity index (χ1v) is 4.78. The SMILES string of the molecule is COc1ccc(C#CCCN)c(C=O)c1O. The van der Waals surface area contributed by atoms with Gasteiger partial charge in [-0.2, -0.15) is 0 Å². The summed E-state index contributed by atoms with van der Waals surface area (Å²) >= 11 is 0. The number of nitrogens with two attached hydrogens (primary N) is 1. The smallest absolute Gasteiger partial charge is 0.169 e. The number of ether oxygens (including phenoxy) is 1. The lowest BCUT2D eigenvalue weighted by Crippen LogP contribution is -1.96. The first kappa shape index (κ1) is 12.1. The van der Waals surface area contributed by atoms with Gasteiger partial charge in [0.25, 0.3) is 0 Å². The van der Waals surface area contributed by atoms with Crippen LogP contribution in [0, 0.1) is 11.8 Å². The number of benzene rings is 1. The fourth-order valence-electron chi connectivity index (χ4n) is 1.21. The van der Waals surface area contributed by atoms with Crippen molar-refractivity contribution in [3.63, 3.8) is 0 Å². The largest absolute Gasteiger partial charge is 0.504 e. The zero-order chi connectivity index (χ0) is 12.0. The molecule has 3 N–H and O–H groups in total. The summed E-state index contributed by atoms with van der Waals surface area (Å²) in [5.41, 5.74) is 5.91. The molecular weight excluding hydrogens is 206 g/mol. The average molecular weight is 219 g/mol. The number of aromatic hydroxyl groups is 1. The van der Waals surface area contributed by atoms with Gasteiger partial charge >= 0.3 is 0 Å². The van der Waals surface area contributed by atoms with Gasteiger partial charge in [0.05, 0.1) is 12.7 Å². The molecule has 1 aromatic carbocycles. The van der Waals surface area contributed by atoms with E-state index in [0.29, 0.717) is 24.8 Å². The lowest BCUT2D eigenvalue weighted by molar-refractivity contribution is 0.112. The molecule has 0 fully saturated rings. The highest BCUT2D eigenvalue weighted by Gasteiger charge is 2.10. The van der Waals surface area contributed by atoms with Gasteiger partial charge in [0.2, 0.25) is 0 Å². The fourth-order valence-corrected chi connectivity index (χ4v) is 1.21. The third kappa shape index (κ3) is 2.53. The maximum absolute atomic E-state index is 10.8. The monoisotopic (exact) mass is 219 g/mol. The van der Waals surface area contributed by atoms with E-state index in [1.165, 1.54) is 7.11 Å².